The average molecular weight is 403 g/mol. The number of carbonyl (C=O) groups is 1. The third-order valence-electron chi connectivity index (χ3n) is 5.06. The van der Waals surface area contributed by atoms with Crippen molar-refractivity contribution >= 4 is 17.3 Å². The predicted octanol–water partition coefficient (Wildman–Crippen LogP) is 4.35. The summed E-state index contributed by atoms with van der Waals surface area (Å²) >= 11 is 0. The molecule has 3 aromatic rings. The smallest absolute Gasteiger partial charge is 0.271 e. The van der Waals surface area contributed by atoms with Gasteiger partial charge in [0.05, 0.1) is 10.5 Å². The Hall–Kier alpha value is -3.87. The standard InChI is InChI=1S/C23H21N3O4/c27-23(21-11-4-5-12-22(21)30-20-9-2-1-3-10-20)25-15-13-24(14-16-25)18-7-6-8-19(17-18)26(28)29/h1-12,17H,13-16H2. The Morgan fingerprint density at radius 3 is 2.30 bits per heavy atom. The van der Waals surface area contributed by atoms with Crippen LogP contribution in [0.4, 0.5) is 11.4 Å². The van der Waals surface area contributed by atoms with Crippen LogP contribution < -0.4 is 9.64 Å². The van der Waals surface area contributed by atoms with Gasteiger partial charge in [-0.2, -0.15) is 0 Å². The quantitative estimate of drug-likeness (QED) is 0.468. The van der Waals surface area contributed by atoms with Crippen molar-refractivity contribution in [1.29, 1.82) is 0 Å². The van der Waals surface area contributed by atoms with Crippen molar-refractivity contribution in [3.8, 4) is 11.5 Å². The number of ether oxygens (including phenoxy) is 1. The van der Waals surface area contributed by atoms with Crippen LogP contribution in [0.2, 0.25) is 0 Å². The molecule has 30 heavy (non-hydrogen) atoms. The Balaban J connectivity index is 1.45. The van der Waals surface area contributed by atoms with Gasteiger partial charge in [0.25, 0.3) is 11.6 Å². The summed E-state index contributed by atoms with van der Waals surface area (Å²) in [7, 11) is 0. The monoisotopic (exact) mass is 403 g/mol. The van der Waals surface area contributed by atoms with E-state index in [1.807, 2.05) is 48.5 Å². The Morgan fingerprint density at radius 2 is 1.57 bits per heavy atom. The van der Waals surface area contributed by atoms with Crippen LogP contribution in [0.5, 0.6) is 11.5 Å². The highest BCUT2D eigenvalue weighted by Crippen LogP contribution is 2.27. The Bertz CT molecular complexity index is 1050. The zero-order chi connectivity index (χ0) is 20.9. The number of carbonyl (C=O) groups excluding carboxylic acids is 1. The molecule has 0 radical (unpaired) electrons. The van der Waals surface area contributed by atoms with E-state index in [9.17, 15) is 14.9 Å². The summed E-state index contributed by atoms with van der Waals surface area (Å²) < 4.78 is 5.93. The van der Waals surface area contributed by atoms with Gasteiger partial charge in [-0.3, -0.25) is 14.9 Å². The van der Waals surface area contributed by atoms with Crippen molar-refractivity contribution in [2.24, 2.45) is 0 Å². The van der Waals surface area contributed by atoms with Gasteiger partial charge in [-0.1, -0.05) is 36.4 Å². The minimum atomic E-state index is -0.396. The minimum absolute atomic E-state index is 0.0676. The van der Waals surface area contributed by atoms with Gasteiger partial charge >= 0.3 is 0 Å². The second-order valence-electron chi connectivity index (χ2n) is 6.97. The maximum atomic E-state index is 13.1. The number of nitro groups is 1. The van der Waals surface area contributed by atoms with E-state index >= 15 is 0 Å². The molecule has 1 saturated heterocycles. The molecule has 152 valence electrons. The van der Waals surface area contributed by atoms with Crippen LogP contribution in [-0.4, -0.2) is 41.9 Å². The molecule has 0 spiro atoms. The van der Waals surface area contributed by atoms with E-state index in [0.29, 0.717) is 43.2 Å². The number of nitrogens with zero attached hydrogens (tertiary/aromatic N) is 3. The number of hydrogen-bond acceptors (Lipinski definition) is 5. The van der Waals surface area contributed by atoms with E-state index in [0.717, 1.165) is 5.69 Å². The minimum Gasteiger partial charge on any atom is -0.457 e. The fourth-order valence-electron chi connectivity index (χ4n) is 3.49. The number of benzene rings is 3. The summed E-state index contributed by atoms with van der Waals surface area (Å²) in [5, 5.41) is 11.0. The average Bonchev–Trinajstić information content (AvgIpc) is 2.80. The molecule has 1 amide bonds. The van der Waals surface area contributed by atoms with Crippen molar-refractivity contribution in [3.05, 3.63) is 94.5 Å². The van der Waals surface area contributed by atoms with Gasteiger partial charge in [0.1, 0.15) is 11.5 Å². The lowest BCUT2D eigenvalue weighted by Crippen LogP contribution is -2.48. The number of anilines is 1. The van der Waals surface area contributed by atoms with Gasteiger partial charge < -0.3 is 14.5 Å². The maximum Gasteiger partial charge on any atom is 0.271 e. The highest BCUT2D eigenvalue weighted by Gasteiger charge is 2.25. The summed E-state index contributed by atoms with van der Waals surface area (Å²) in [4.78, 5) is 27.6. The van der Waals surface area contributed by atoms with Crippen LogP contribution in [0.25, 0.3) is 0 Å². The topological polar surface area (TPSA) is 75.9 Å². The van der Waals surface area contributed by atoms with E-state index in [4.69, 9.17) is 4.74 Å². The van der Waals surface area contributed by atoms with E-state index in [2.05, 4.69) is 4.90 Å². The van der Waals surface area contributed by atoms with Gasteiger partial charge in [0.15, 0.2) is 0 Å². The van der Waals surface area contributed by atoms with E-state index in [-0.39, 0.29) is 11.6 Å². The normalized spacial score (nSPS) is 13.7. The van der Waals surface area contributed by atoms with Crippen molar-refractivity contribution < 1.29 is 14.5 Å². The van der Waals surface area contributed by atoms with Crippen molar-refractivity contribution in [1.82, 2.24) is 4.90 Å². The zero-order valence-corrected chi connectivity index (χ0v) is 16.3. The summed E-state index contributed by atoms with van der Waals surface area (Å²) in [5.74, 6) is 1.11. The molecular weight excluding hydrogens is 382 g/mol. The van der Waals surface area contributed by atoms with E-state index in [1.165, 1.54) is 6.07 Å². The first-order valence-corrected chi connectivity index (χ1v) is 9.72. The van der Waals surface area contributed by atoms with Crippen molar-refractivity contribution in [2.45, 2.75) is 0 Å². The molecule has 3 aromatic carbocycles. The van der Waals surface area contributed by atoms with Crippen LogP contribution in [0.15, 0.2) is 78.9 Å². The number of nitro benzene ring substituents is 1. The van der Waals surface area contributed by atoms with Gasteiger partial charge in [-0.15, -0.1) is 0 Å². The first kappa shape index (κ1) is 19.4. The molecule has 4 rings (SSSR count). The number of piperazine rings is 1. The Morgan fingerprint density at radius 1 is 0.867 bits per heavy atom. The Labute approximate surface area is 174 Å². The molecule has 0 aromatic heterocycles. The lowest BCUT2D eigenvalue weighted by atomic mass is 10.1. The molecular formula is C23H21N3O4. The fraction of sp³-hybridized carbons (Fsp3) is 0.174. The van der Waals surface area contributed by atoms with E-state index < -0.39 is 4.92 Å². The molecule has 1 aliphatic rings. The molecule has 0 aliphatic carbocycles. The number of amides is 1. The third kappa shape index (κ3) is 4.25. The van der Waals surface area contributed by atoms with E-state index in [1.54, 1.807) is 29.2 Å². The molecule has 0 atom stereocenters. The summed E-state index contributed by atoms with van der Waals surface area (Å²) in [5.41, 5.74) is 1.38. The summed E-state index contributed by atoms with van der Waals surface area (Å²) in [6.45, 7) is 2.27. The summed E-state index contributed by atoms with van der Waals surface area (Å²) in [6, 6.07) is 23.2. The van der Waals surface area contributed by atoms with Crippen molar-refractivity contribution in [2.75, 3.05) is 31.1 Å². The van der Waals surface area contributed by atoms with Crippen molar-refractivity contribution in [3.63, 3.8) is 0 Å². The van der Waals surface area contributed by atoms with Crippen LogP contribution in [0.1, 0.15) is 10.4 Å². The largest absolute Gasteiger partial charge is 0.457 e. The highest BCUT2D eigenvalue weighted by molar-refractivity contribution is 5.97. The van der Waals surface area contributed by atoms with Crippen LogP contribution in [-0.2, 0) is 0 Å². The molecule has 0 bridgehead atoms. The van der Waals surface area contributed by atoms with Crippen LogP contribution in [0.3, 0.4) is 0 Å². The van der Waals surface area contributed by atoms with Gasteiger partial charge in [0.2, 0.25) is 0 Å². The molecule has 7 nitrogen and oxygen atoms in total. The number of hydrogen-bond donors (Lipinski definition) is 0. The lowest BCUT2D eigenvalue weighted by Gasteiger charge is -2.36. The first-order valence-electron chi connectivity index (χ1n) is 9.72. The second-order valence-corrected chi connectivity index (χ2v) is 6.97. The van der Waals surface area contributed by atoms with Crippen LogP contribution in [0, 0.1) is 10.1 Å². The van der Waals surface area contributed by atoms with Gasteiger partial charge in [0, 0.05) is 44.0 Å². The number of rotatable bonds is 5. The Kier molecular flexibility index (Phi) is 5.61. The first-order chi connectivity index (χ1) is 14.6. The molecule has 1 heterocycles. The maximum absolute atomic E-state index is 13.1. The molecule has 1 aliphatic heterocycles. The molecule has 0 N–H and O–H groups in total. The third-order valence-corrected chi connectivity index (χ3v) is 5.06. The number of non-ortho nitro benzene ring substituents is 1. The predicted molar refractivity (Wildman–Crippen MR) is 114 cm³/mol. The molecule has 0 saturated carbocycles. The van der Waals surface area contributed by atoms with Gasteiger partial charge in [-0.05, 0) is 30.3 Å². The lowest BCUT2D eigenvalue weighted by molar-refractivity contribution is -0.384. The molecule has 0 unspecified atom stereocenters. The van der Waals surface area contributed by atoms with Crippen LogP contribution >= 0.6 is 0 Å². The SMILES string of the molecule is O=C(c1ccccc1Oc1ccccc1)N1CCN(c2cccc([N+](=O)[O-])c2)CC1. The molecule has 7 heteroatoms. The zero-order valence-electron chi connectivity index (χ0n) is 16.3. The number of para-hydroxylation sites is 2. The fourth-order valence-corrected chi connectivity index (χ4v) is 3.49. The summed E-state index contributed by atoms with van der Waals surface area (Å²) in [6.07, 6.45) is 0. The second kappa shape index (κ2) is 8.65. The highest BCUT2D eigenvalue weighted by atomic mass is 16.6. The molecule has 1 fully saturated rings. The van der Waals surface area contributed by atoms with Gasteiger partial charge in [-0.25, -0.2) is 0 Å².